The smallest absolute Gasteiger partial charge is 0.322 e. The minimum atomic E-state index is -0.495. The molecule has 1 aromatic rings. The van der Waals surface area contributed by atoms with Crippen molar-refractivity contribution >= 4 is 23.3 Å². The van der Waals surface area contributed by atoms with Crippen LogP contribution in [0.25, 0.3) is 0 Å². The Hall–Kier alpha value is -2.37. The molecule has 2 N–H and O–H groups in total. The summed E-state index contributed by atoms with van der Waals surface area (Å²) in [5, 5.41) is 4.62. The molecule has 1 aliphatic heterocycles. The van der Waals surface area contributed by atoms with E-state index < -0.39 is 11.9 Å². The summed E-state index contributed by atoms with van der Waals surface area (Å²) in [7, 11) is 0. The standard InChI is InChI=1S/C12H13N3O3/c1-2-18-9-5-3-8(4-6-9)14-10-7-13-12(17)15-11(10)16/h3-6H,2,7H2,1H3,(H2,13,15,16,17). The molecule has 94 valence electrons. The molecule has 6 nitrogen and oxygen atoms in total. The number of hydrogen-bond acceptors (Lipinski definition) is 4. The van der Waals surface area contributed by atoms with Crippen molar-refractivity contribution in [2.24, 2.45) is 4.99 Å². The Morgan fingerprint density at radius 1 is 1.28 bits per heavy atom. The Kier molecular flexibility index (Phi) is 3.57. The lowest BCUT2D eigenvalue weighted by atomic mass is 10.2. The maximum atomic E-state index is 11.5. The molecule has 1 saturated heterocycles. The second-order valence-electron chi connectivity index (χ2n) is 3.62. The van der Waals surface area contributed by atoms with Crippen LogP contribution in [0.3, 0.4) is 0 Å². The summed E-state index contributed by atoms with van der Waals surface area (Å²) >= 11 is 0. The highest BCUT2D eigenvalue weighted by Crippen LogP contribution is 2.18. The van der Waals surface area contributed by atoms with E-state index >= 15 is 0 Å². The third-order valence-corrected chi connectivity index (χ3v) is 2.32. The fraction of sp³-hybridized carbons (Fsp3) is 0.250. The SMILES string of the molecule is CCOc1ccc(N=C2CNC(=O)NC2=O)cc1. The Balaban J connectivity index is 2.12. The first-order valence-electron chi connectivity index (χ1n) is 5.58. The Morgan fingerprint density at radius 2 is 2.00 bits per heavy atom. The zero-order valence-corrected chi connectivity index (χ0v) is 9.90. The predicted molar refractivity (Wildman–Crippen MR) is 66.2 cm³/mol. The molecule has 6 heteroatoms. The van der Waals surface area contributed by atoms with Crippen LogP contribution >= 0.6 is 0 Å². The Labute approximate surface area is 104 Å². The van der Waals surface area contributed by atoms with Gasteiger partial charge in [0.2, 0.25) is 0 Å². The molecule has 0 spiro atoms. The van der Waals surface area contributed by atoms with Crippen LogP contribution in [0.4, 0.5) is 10.5 Å². The van der Waals surface area contributed by atoms with Gasteiger partial charge in [-0.25, -0.2) is 9.79 Å². The molecule has 0 radical (unpaired) electrons. The molecule has 0 saturated carbocycles. The van der Waals surface area contributed by atoms with E-state index in [2.05, 4.69) is 15.6 Å². The number of benzene rings is 1. The molecule has 1 aromatic carbocycles. The first kappa shape index (κ1) is 12.1. The van der Waals surface area contributed by atoms with Gasteiger partial charge in [0, 0.05) is 0 Å². The van der Waals surface area contributed by atoms with E-state index in [-0.39, 0.29) is 12.3 Å². The Morgan fingerprint density at radius 3 is 2.61 bits per heavy atom. The van der Waals surface area contributed by atoms with Gasteiger partial charge < -0.3 is 10.1 Å². The van der Waals surface area contributed by atoms with E-state index in [1.807, 2.05) is 6.92 Å². The van der Waals surface area contributed by atoms with Crippen LogP contribution < -0.4 is 15.4 Å². The van der Waals surface area contributed by atoms with Gasteiger partial charge in [-0.3, -0.25) is 10.1 Å². The molecule has 0 atom stereocenters. The fourth-order valence-electron chi connectivity index (χ4n) is 1.49. The lowest BCUT2D eigenvalue weighted by Gasteiger charge is -2.14. The van der Waals surface area contributed by atoms with Crippen LogP contribution in [0, 0.1) is 0 Å². The lowest BCUT2D eigenvalue weighted by Crippen LogP contribution is -2.52. The topological polar surface area (TPSA) is 79.8 Å². The van der Waals surface area contributed by atoms with Gasteiger partial charge >= 0.3 is 6.03 Å². The highest BCUT2D eigenvalue weighted by Gasteiger charge is 2.20. The van der Waals surface area contributed by atoms with Gasteiger partial charge in [-0.15, -0.1) is 0 Å². The first-order valence-corrected chi connectivity index (χ1v) is 5.58. The summed E-state index contributed by atoms with van der Waals surface area (Å²) < 4.78 is 5.30. The number of aliphatic imine (C=N–C) groups is 1. The first-order chi connectivity index (χ1) is 8.69. The summed E-state index contributed by atoms with van der Waals surface area (Å²) in [5.41, 5.74) is 0.915. The number of nitrogens with one attached hydrogen (secondary N) is 2. The van der Waals surface area contributed by atoms with E-state index in [1.165, 1.54) is 0 Å². The highest BCUT2D eigenvalue weighted by molar-refractivity contribution is 6.44. The number of rotatable bonds is 3. The molecule has 18 heavy (non-hydrogen) atoms. The number of carbonyl (C=O) groups is 2. The van der Waals surface area contributed by atoms with Crippen LogP contribution in [-0.4, -0.2) is 30.8 Å². The molecule has 1 heterocycles. The van der Waals surface area contributed by atoms with Crippen molar-refractivity contribution in [1.82, 2.24) is 10.6 Å². The summed E-state index contributed by atoms with van der Waals surface area (Å²) in [5.74, 6) is 0.287. The molecule has 1 aliphatic rings. The minimum Gasteiger partial charge on any atom is -0.494 e. The van der Waals surface area contributed by atoms with E-state index in [1.54, 1.807) is 24.3 Å². The third-order valence-electron chi connectivity index (χ3n) is 2.32. The summed E-state index contributed by atoms with van der Waals surface area (Å²) in [6.45, 7) is 2.64. The lowest BCUT2D eigenvalue weighted by molar-refractivity contribution is -0.114. The van der Waals surface area contributed by atoms with Gasteiger partial charge in [-0.05, 0) is 31.2 Å². The van der Waals surface area contributed by atoms with Crippen molar-refractivity contribution in [2.75, 3.05) is 13.2 Å². The second kappa shape index (κ2) is 5.31. The predicted octanol–water partition coefficient (Wildman–Crippen LogP) is 0.997. The maximum absolute atomic E-state index is 11.5. The number of nitrogens with zero attached hydrogens (tertiary/aromatic N) is 1. The Bertz CT molecular complexity index is 494. The molecule has 1 fully saturated rings. The van der Waals surface area contributed by atoms with E-state index in [9.17, 15) is 9.59 Å². The summed E-state index contributed by atoms with van der Waals surface area (Å²) in [6, 6.07) is 6.57. The monoisotopic (exact) mass is 247 g/mol. The maximum Gasteiger partial charge on any atom is 0.322 e. The molecular formula is C12H13N3O3. The van der Waals surface area contributed by atoms with Crippen molar-refractivity contribution in [2.45, 2.75) is 6.92 Å². The van der Waals surface area contributed by atoms with Gasteiger partial charge in [-0.1, -0.05) is 0 Å². The van der Waals surface area contributed by atoms with Crippen LogP contribution in [0.2, 0.25) is 0 Å². The average Bonchev–Trinajstić information content (AvgIpc) is 2.35. The largest absolute Gasteiger partial charge is 0.494 e. The van der Waals surface area contributed by atoms with Gasteiger partial charge in [0.1, 0.15) is 11.5 Å². The number of imide groups is 1. The highest BCUT2D eigenvalue weighted by atomic mass is 16.5. The van der Waals surface area contributed by atoms with Crippen LogP contribution in [-0.2, 0) is 4.79 Å². The number of amides is 3. The number of urea groups is 1. The van der Waals surface area contributed by atoms with Gasteiger partial charge in [0.25, 0.3) is 5.91 Å². The van der Waals surface area contributed by atoms with Crippen LogP contribution in [0.15, 0.2) is 29.3 Å². The van der Waals surface area contributed by atoms with Gasteiger partial charge in [0.15, 0.2) is 0 Å². The van der Waals surface area contributed by atoms with Crippen molar-refractivity contribution in [3.63, 3.8) is 0 Å². The molecule has 0 unspecified atom stereocenters. The van der Waals surface area contributed by atoms with Crippen molar-refractivity contribution < 1.29 is 14.3 Å². The molecule has 0 bridgehead atoms. The van der Waals surface area contributed by atoms with Crippen molar-refractivity contribution in [3.05, 3.63) is 24.3 Å². The molecule has 0 aromatic heterocycles. The minimum absolute atomic E-state index is 0.137. The molecule has 3 amide bonds. The van der Waals surface area contributed by atoms with Gasteiger partial charge in [-0.2, -0.15) is 0 Å². The van der Waals surface area contributed by atoms with Gasteiger partial charge in [0.05, 0.1) is 18.8 Å². The number of carbonyl (C=O) groups excluding carboxylic acids is 2. The zero-order chi connectivity index (χ0) is 13.0. The molecule has 2 rings (SSSR count). The second-order valence-corrected chi connectivity index (χ2v) is 3.62. The summed E-state index contributed by atoms with van der Waals surface area (Å²) in [4.78, 5) is 26.5. The van der Waals surface area contributed by atoms with Crippen molar-refractivity contribution in [3.8, 4) is 5.75 Å². The van der Waals surface area contributed by atoms with Crippen LogP contribution in [0.1, 0.15) is 6.92 Å². The third kappa shape index (κ3) is 2.85. The zero-order valence-electron chi connectivity index (χ0n) is 9.90. The number of hydrogen-bond donors (Lipinski definition) is 2. The normalized spacial score (nSPS) is 17.3. The van der Waals surface area contributed by atoms with E-state index in [4.69, 9.17) is 4.74 Å². The van der Waals surface area contributed by atoms with E-state index in [0.29, 0.717) is 12.3 Å². The summed E-state index contributed by atoms with van der Waals surface area (Å²) in [6.07, 6.45) is 0. The van der Waals surface area contributed by atoms with E-state index in [0.717, 1.165) is 5.75 Å². The van der Waals surface area contributed by atoms with Crippen LogP contribution in [0.5, 0.6) is 5.75 Å². The molecule has 0 aliphatic carbocycles. The van der Waals surface area contributed by atoms with Crippen molar-refractivity contribution in [1.29, 1.82) is 0 Å². The fourth-order valence-corrected chi connectivity index (χ4v) is 1.49. The number of ether oxygens (including phenoxy) is 1. The average molecular weight is 247 g/mol. The quantitative estimate of drug-likeness (QED) is 0.836. The molecular weight excluding hydrogens is 234 g/mol.